The van der Waals surface area contributed by atoms with Crippen molar-refractivity contribution in [1.82, 2.24) is 4.90 Å². The van der Waals surface area contributed by atoms with E-state index in [1.54, 1.807) is 0 Å². The Balaban J connectivity index is 1.54. The van der Waals surface area contributed by atoms with E-state index in [-0.39, 0.29) is 5.97 Å². The maximum absolute atomic E-state index is 11.6. The molecule has 1 saturated carbocycles. The van der Waals surface area contributed by atoms with E-state index in [9.17, 15) is 4.79 Å². The van der Waals surface area contributed by atoms with E-state index < -0.39 is 0 Å². The minimum Gasteiger partial charge on any atom is -0.461 e. The Kier molecular flexibility index (Phi) is 6.25. The van der Waals surface area contributed by atoms with Crippen LogP contribution in [0.25, 0.3) is 0 Å². The van der Waals surface area contributed by atoms with E-state index in [1.165, 1.54) is 12.8 Å². The van der Waals surface area contributed by atoms with E-state index in [0.29, 0.717) is 31.6 Å². The van der Waals surface area contributed by atoms with Gasteiger partial charge in [0.1, 0.15) is 6.61 Å². The monoisotopic (exact) mass is 303 g/mol. The number of esters is 1. The molecule has 5 heteroatoms. The SMILES string of the molecule is CN(C(N)=NCCCCC(=O)OCc1ccccc1)C1CC1. The van der Waals surface area contributed by atoms with E-state index in [1.807, 2.05) is 42.3 Å². The van der Waals surface area contributed by atoms with Crippen LogP contribution < -0.4 is 5.73 Å². The summed E-state index contributed by atoms with van der Waals surface area (Å²) in [6.45, 7) is 1.01. The third kappa shape index (κ3) is 5.76. The lowest BCUT2D eigenvalue weighted by Gasteiger charge is -2.16. The number of guanidine groups is 1. The van der Waals surface area contributed by atoms with Crippen molar-refractivity contribution in [3.63, 3.8) is 0 Å². The number of nitrogens with zero attached hydrogens (tertiary/aromatic N) is 2. The van der Waals surface area contributed by atoms with Crippen LogP contribution in [-0.4, -0.2) is 36.5 Å². The molecule has 0 spiro atoms. The van der Waals surface area contributed by atoms with Gasteiger partial charge in [0.15, 0.2) is 5.96 Å². The summed E-state index contributed by atoms with van der Waals surface area (Å²) in [5.74, 6) is 0.449. The minimum absolute atomic E-state index is 0.157. The smallest absolute Gasteiger partial charge is 0.306 e. The first kappa shape index (κ1) is 16.3. The summed E-state index contributed by atoms with van der Waals surface area (Å²) >= 11 is 0. The number of hydrogen-bond donors (Lipinski definition) is 1. The molecule has 22 heavy (non-hydrogen) atoms. The molecular formula is C17H25N3O2. The van der Waals surface area contributed by atoms with Crippen molar-refractivity contribution in [2.45, 2.75) is 44.8 Å². The lowest BCUT2D eigenvalue weighted by atomic mass is 10.2. The molecule has 2 rings (SSSR count). The molecule has 0 amide bonds. The molecule has 1 aliphatic carbocycles. The summed E-state index contributed by atoms with van der Waals surface area (Å²) in [4.78, 5) is 18.0. The van der Waals surface area contributed by atoms with Crippen LogP contribution in [0.3, 0.4) is 0 Å². The Morgan fingerprint density at radius 1 is 1.32 bits per heavy atom. The number of aliphatic imine (C=N–C) groups is 1. The second-order valence-corrected chi connectivity index (χ2v) is 5.69. The molecule has 1 aromatic carbocycles. The van der Waals surface area contributed by atoms with Gasteiger partial charge in [-0.05, 0) is 31.2 Å². The van der Waals surface area contributed by atoms with Gasteiger partial charge in [-0.3, -0.25) is 9.79 Å². The molecule has 0 aromatic heterocycles. The zero-order valence-electron chi connectivity index (χ0n) is 13.2. The average Bonchev–Trinajstić information content (AvgIpc) is 3.37. The molecule has 1 aliphatic rings. The van der Waals surface area contributed by atoms with E-state index in [2.05, 4.69) is 4.99 Å². The Labute approximate surface area is 132 Å². The maximum Gasteiger partial charge on any atom is 0.306 e. The number of nitrogens with two attached hydrogens (primary N) is 1. The van der Waals surface area contributed by atoms with Gasteiger partial charge in [0.25, 0.3) is 0 Å². The van der Waals surface area contributed by atoms with E-state index in [0.717, 1.165) is 18.4 Å². The van der Waals surface area contributed by atoms with Crippen molar-refractivity contribution in [2.75, 3.05) is 13.6 Å². The molecule has 0 unspecified atom stereocenters. The number of rotatable bonds is 8. The standard InChI is InChI=1S/C17H25N3O2/c1-20(15-10-11-15)17(18)19-12-6-5-9-16(21)22-13-14-7-3-2-4-8-14/h2-4,7-8,15H,5-6,9-13H2,1H3,(H2,18,19). The summed E-state index contributed by atoms with van der Waals surface area (Å²) in [7, 11) is 1.98. The summed E-state index contributed by atoms with van der Waals surface area (Å²) < 4.78 is 5.23. The molecule has 0 radical (unpaired) electrons. The molecule has 1 fully saturated rings. The predicted octanol–water partition coefficient (Wildman–Crippen LogP) is 2.31. The van der Waals surface area contributed by atoms with Crippen molar-refractivity contribution >= 4 is 11.9 Å². The molecule has 0 bridgehead atoms. The fraction of sp³-hybridized carbons (Fsp3) is 0.529. The van der Waals surface area contributed by atoms with Crippen molar-refractivity contribution in [3.05, 3.63) is 35.9 Å². The Bertz CT molecular complexity index is 498. The maximum atomic E-state index is 11.6. The van der Waals surface area contributed by atoms with Crippen LogP contribution in [0.1, 0.15) is 37.7 Å². The topological polar surface area (TPSA) is 67.9 Å². The second kappa shape index (κ2) is 8.41. The highest BCUT2D eigenvalue weighted by molar-refractivity contribution is 5.78. The van der Waals surface area contributed by atoms with Gasteiger partial charge in [-0.2, -0.15) is 0 Å². The van der Waals surface area contributed by atoms with Crippen LogP contribution in [0.4, 0.5) is 0 Å². The highest BCUT2D eigenvalue weighted by Gasteiger charge is 2.27. The molecule has 0 heterocycles. The number of hydrogen-bond acceptors (Lipinski definition) is 3. The minimum atomic E-state index is -0.157. The van der Waals surface area contributed by atoms with Crippen LogP contribution in [-0.2, 0) is 16.1 Å². The van der Waals surface area contributed by atoms with Crippen LogP contribution in [0, 0.1) is 0 Å². The second-order valence-electron chi connectivity index (χ2n) is 5.69. The number of unbranched alkanes of at least 4 members (excludes halogenated alkanes) is 1. The van der Waals surface area contributed by atoms with Crippen molar-refractivity contribution in [3.8, 4) is 0 Å². The number of ether oxygens (including phenoxy) is 1. The normalized spacial score (nSPS) is 14.7. The predicted molar refractivity (Wildman–Crippen MR) is 87.4 cm³/mol. The van der Waals surface area contributed by atoms with Gasteiger partial charge in [0.05, 0.1) is 0 Å². The quantitative estimate of drug-likeness (QED) is 0.346. The van der Waals surface area contributed by atoms with Gasteiger partial charge in [-0.15, -0.1) is 0 Å². The van der Waals surface area contributed by atoms with Crippen LogP contribution in [0.5, 0.6) is 0 Å². The zero-order chi connectivity index (χ0) is 15.8. The van der Waals surface area contributed by atoms with Gasteiger partial charge in [0.2, 0.25) is 0 Å². The number of carbonyl (C=O) groups excluding carboxylic acids is 1. The molecule has 2 N–H and O–H groups in total. The van der Waals surface area contributed by atoms with E-state index in [4.69, 9.17) is 10.5 Å². The summed E-state index contributed by atoms with van der Waals surface area (Å²) in [5.41, 5.74) is 6.91. The molecule has 120 valence electrons. The zero-order valence-corrected chi connectivity index (χ0v) is 13.2. The van der Waals surface area contributed by atoms with Gasteiger partial charge < -0.3 is 15.4 Å². The summed E-state index contributed by atoms with van der Waals surface area (Å²) in [5, 5.41) is 0. The highest BCUT2D eigenvalue weighted by atomic mass is 16.5. The fourth-order valence-electron chi connectivity index (χ4n) is 2.15. The number of carbonyl (C=O) groups is 1. The largest absolute Gasteiger partial charge is 0.461 e. The first-order valence-electron chi connectivity index (χ1n) is 7.89. The third-order valence-electron chi connectivity index (χ3n) is 3.76. The van der Waals surface area contributed by atoms with Crippen molar-refractivity contribution in [1.29, 1.82) is 0 Å². The molecule has 5 nitrogen and oxygen atoms in total. The van der Waals surface area contributed by atoms with Crippen LogP contribution >= 0.6 is 0 Å². The molecule has 0 aliphatic heterocycles. The van der Waals surface area contributed by atoms with Gasteiger partial charge in [-0.1, -0.05) is 30.3 Å². The van der Waals surface area contributed by atoms with Crippen molar-refractivity contribution in [2.24, 2.45) is 10.7 Å². The van der Waals surface area contributed by atoms with Gasteiger partial charge in [0, 0.05) is 26.1 Å². The lowest BCUT2D eigenvalue weighted by Crippen LogP contribution is -2.35. The first-order chi connectivity index (χ1) is 10.7. The Morgan fingerprint density at radius 2 is 2.05 bits per heavy atom. The van der Waals surface area contributed by atoms with Crippen molar-refractivity contribution < 1.29 is 9.53 Å². The first-order valence-corrected chi connectivity index (χ1v) is 7.89. The Morgan fingerprint density at radius 3 is 2.73 bits per heavy atom. The molecule has 1 aromatic rings. The average molecular weight is 303 g/mol. The van der Waals surface area contributed by atoms with Crippen LogP contribution in [0.2, 0.25) is 0 Å². The molecule has 0 atom stereocenters. The van der Waals surface area contributed by atoms with Gasteiger partial charge >= 0.3 is 5.97 Å². The summed E-state index contributed by atoms with van der Waals surface area (Å²) in [6.07, 6.45) is 4.47. The highest BCUT2D eigenvalue weighted by Crippen LogP contribution is 2.24. The molecule has 0 saturated heterocycles. The summed E-state index contributed by atoms with van der Waals surface area (Å²) in [6, 6.07) is 10.3. The van der Waals surface area contributed by atoms with E-state index >= 15 is 0 Å². The number of benzene rings is 1. The van der Waals surface area contributed by atoms with Gasteiger partial charge in [-0.25, -0.2) is 0 Å². The Hall–Kier alpha value is -2.04. The lowest BCUT2D eigenvalue weighted by molar-refractivity contribution is -0.145. The van der Waals surface area contributed by atoms with Crippen LogP contribution in [0.15, 0.2) is 35.3 Å². The molecular weight excluding hydrogens is 278 g/mol. The fourth-order valence-corrected chi connectivity index (χ4v) is 2.15. The third-order valence-corrected chi connectivity index (χ3v) is 3.76.